The average molecular weight is 502 g/mol. The molecule has 5 heteroatoms. The molecule has 1 aliphatic carbocycles. The Morgan fingerprint density at radius 3 is 1.42 bits per heavy atom. The highest BCUT2D eigenvalue weighted by molar-refractivity contribution is 7.95. The maximum absolute atomic E-state index is 13.1. The zero-order valence-electron chi connectivity index (χ0n) is 21.1. The van der Waals surface area contributed by atoms with Gasteiger partial charge in [-0.15, -0.1) is 0 Å². The van der Waals surface area contributed by atoms with Gasteiger partial charge in [0.25, 0.3) is 0 Å². The van der Waals surface area contributed by atoms with Crippen molar-refractivity contribution in [3.63, 3.8) is 0 Å². The van der Waals surface area contributed by atoms with Crippen LogP contribution in [0.3, 0.4) is 0 Å². The smallest absolute Gasteiger partial charge is 0.345 e. The monoisotopic (exact) mass is 501 g/mol. The zero-order chi connectivity index (χ0) is 25.4. The van der Waals surface area contributed by atoms with Crippen molar-refractivity contribution in [3.05, 3.63) is 102 Å². The van der Waals surface area contributed by atoms with Gasteiger partial charge in [0.05, 0.1) is 20.4 Å². The minimum atomic E-state index is -2.30. The molecule has 0 atom stereocenters. The lowest BCUT2D eigenvalue weighted by Crippen LogP contribution is -2.36. The summed E-state index contributed by atoms with van der Waals surface area (Å²) < 4.78 is 10.3. The van der Waals surface area contributed by atoms with E-state index >= 15 is 0 Å². The number of benzene rings is 3. The van der Waals surface area contributed by atoms with E-state index < -0.39 is 19.2 Å². The van der Waals surface area contributed by atoms with Gasteiger partial charge in [0, 0.05) is 0 Å². The highest BCUT2D eigenvalue weighted by Gasteiger charge is 2.48. The summed E-state index contributed by atoms with van der Waals surface area (Å²) >= 11 is 0. The third-order valence-electron chi connectivity index (χ3n) is 7.20. The van der Waals surface area contributed by atoms with Gasteiger partial charge in [-0.2, -0.15) is 0 Å². The summed E-state index contributed by atoms with van der Waals surface area (Å²) in [5.41, 5.74) is 0.942. The van der Waals surface area contributed by atoms with E-state index in [-0.39, 0.29) is 11.5 Å². The first-order chi connectivity index (χ1) is 17.6. The second kappa shape index (κ2) is 12.1. The molecule has 1 saturated carbocycles. The Hall–Kier alpha value is -3.23. The fourth-order valence-corrected chi connectivity index (χ4v) is 9.85. The van der Waals surface area contributed by atoms with Gasteiger partial charge in [-0.25, -0.2) is 9.59 Å². The number of carbonyl (C=O) groups is 2. The predicted octanol–water partition coefficient (Wildman–Crippen LogP) is 5.20. The minimum Gasteiger partial charge on any atom is -0.465 e. The van der Waals surface area contributed by atoms with Gasteiger partial charge in [0.2, 0.25) is 0 Å². The maximum Gasteiger partial charge on any atom is 0.345 e. The molecule has 36 heavy (non-hydrogen) atoms. The van der Waals surface area contributed by atoms with Crippen molar-refractivity contribution in [1.29, 1.82) is 0 Å². The van der Waals surface area contributed by atoms with Gasteiger partial charge in [-0.3, -0.25) is 0 Å². The summed E-state index contributed by atoms with van der Waals surface area (Å²) in [6, 6.07) is 31.6. The van der Waals surface area contributed by atoms with E-state index in [4.69, 9.17) is 9.47 Å². The third-order valence-corrected chi connectivity index (χ3v) is 11.6. The topological polar surface area (TPSA) is 52.6 Å². The molecule has 1 fully saturated rings. The van der Waals surface area contributed by atoms with Crippen LogP contribution < -0.4 is 15.9 Å². The lowest BCUT2D eigenvalue weighted by Gasteiger charge is -2.33. The number of esters is 2. The number of allylic oxidation sites excluding steroid dienone is 1. The molecule has 4 nitrogen and oxygen atoms in total. The Morgan fingerprint density at radius 2 is 1.06 bits per heavy atom. The molecule has 0 radical (unpaired) electrons. The Labute approximate surface area is 214 Å². The molecular weight excluding hydrogens is 467 g/mol. The minimum absolute atomic E-state index is 0.0686. The first-order valence-electron chi connectivity index (χ1n) is 12.6. The lowest BCUT2D eigenvalue weighted by atomic mass is 9.82. The van der Waals surface area contributed by atoms with E-state index in [9.17, 15) is 9.59 Å². The number of hydrogen-bond acceptors (Lipinski definition) is 4. The molecule has 0 saturated heterocycles. The van der Waals surface area contributed by atoms with Gasteiger partial charge < -0.3 is 9.47 Å². The van der Waals surface area contributed by atoms with Crippen LogP contribution in [-0.2, 0) is 19.1 Å². The fraction of sp³-hybridized carbons (Fsp3) is 0.290. The molecule has 1 aliphatic rings. The fourth-order valence-electron chi connectivity index (χ4n) is 5.44. The maximum atomic E-state index is 13.1. The second-order valence-electron chi connectivity index (χ2n) is 9.19. The molecule has 3 aromatic carbocycles. The van der Waals surface area contributed by atoms with Crippen LogP contribution in [0.5, 0.6) is 0 Å². The van der Waals surface area contributed by atoms with Crippen LogP contribution in [0.25, 0.3) is 0 Å². The molecule has 4 rings (SSSR count). The summed E-state index contributed by atoms with van der Waals surface area (Å²) in [5.74, 6) is -1.10. The van der Waals surface area contributed by atoms with Crippen molar-refractivity contribution in [1.82, 2.24) is 0 Å². The molecule has 0 N–H and O–H groups in total. The number of ether oxygens (including phenoxy) is 2. The first kappa shape index (κ1) is 25.9. The molecule has 0 aliphatic heterocycles. The molecule has 186 valence electrons. The quantitative estimate of drug-likeness (QED) is 0.140. The zero-order valence-corrected chi connectivity index (χ0v) is 22.0. The normalized spacial score (nSPS) is 14.1. The van der Waals surface area contributed by atoms with Crippen LogP contribution in [0, 0.1) is 5.92 Å². The Kier molecular flexibility index (Phi) is 8.72. The molecule has 0 bridgehead atoms. The Balaban J connectivity index is 2.05. The van der Waals surface area contributed by atoms with Crippen molar-refractivity contribution in [2.24, 2.45) is 5.92 Å². The Morgan fingerprint density at radius 1 is 0.667 bits per heavy atom. The number of methoxy groups -OCH3 is 2. The lowest BCUT2D eigenvalue weighted by molar-refractivity contribution is -0.144. The van der Waals surface area contributed by atoms with Crippen molar-refractivity contribution in [2.45, 2.75) is 32.1 Å². The average Bonchev–Trinajstić information content (AvgIpc) is 2.96. The highest BCUT2D eigenvalue weighted by Crippen LogP contribution is 2.58. The van der Waals surface area contributed by atoms with Gasteiger partial charge >= 0.3 is 11.9 Å². The summed E-state index contributed by atoms with van der Waals surface area (Å²) in [7, 11) is 0.358. The van der Waals surface area contributed by atoms with Crippen LogP contribution in [0.15, 0.2) is 102 Å². The van der Waals surface area contributed by atoms with E-state index in [1.54, 1.807) is 0 Å². The molecule has 0 aromatic heterocycles. The Bertz CT molecular complexity index is 1070. The van der Waals surface area contributed by atoms with Crippen molar-refractivity contribution < 1.29 is 19.1 Å². The molecule has 0 spiro atoms. The summed E-state index contributed by atoms with van der Waals surface area (Å²) in [6.07, 6.45) is 5.81. The standard InChI is InChI=1S/C31H34O4P/c1-34-30(32)29(31(33)35-2)28(24-15-7-3-8-16-24)23-36(25-17-9-4-10-18-25,26-19-11-5-12-20-26)27-21-13-6-14-22-27/h4-6,9-14,17-22,24H,3,7-8,15-16,23H2,1-2H3/q+1. The molecule has 3 aromatic rings. The molecular formula is C31H34O4P+. The number of hydrogen-bond donors (Lipinski definition) is 0. The predicted molar refractivity (Wildman–Crippen MR) is 148 cm³/mol. The number of rotatable bonds is 8. The third kappa shape index (κ3) is 5.29. The van der Waals surface area contributed by atoms with Crippen LogP contribution in [-0.4, -0.2) is 32.3 Å². The van der Waals surface area contributed by atoms with E-state index in [1.807, 2.05) is 18.2 Å². The van der Waals surface area contributed by atoms with Gasteiger partial charge in [0.15, 0.2) is 0 Å². The number of carbonyl (C=O) groups excluding carboxylic acids is 2. The SMILES string of the molecule is COC(=O)C(C(=O)OC)=C(C[P+](c1ccccc1)(c1ccccc1)c1ccccc1)C1CCCCC1. The van der Waals surface area contributed by atoms with Gasteiger partial charge in [-0.1, -0.05) is 73.9 Å². The molecule has 0 heterocycles. The van der Waals surface area contributed by atoms with Crippen LogP contribution in [0.2, 0.25) is 0 Å². The molecule has 0 amide bonds. The summed E-state index contributed by atoms with van der Waals surface area (Å²) in [4.78, 5) is 26.2. The van der Waals surface area contributed by atoms with E-state index in [0.717, 1.165) is 31.3 Å². The van der Waals surface area contributed by atoms with Crippen LogP contribution in [0.1, 0.15) is 32.1 Å². The van der Waals surface area contributed by atoms with Crippen molar-refractivity contribution >= 4 is 35.1 Å². The van der Waals surface area contributed by atoms with Gasteiger partial charge in [-0.05, 0) is 60.7 Å². The van der Waals surface area contributed by atoms with Gasteiger partial charge in [0.1, 0.15) is 28.7 Å². The van der Waals surface area contributed by atoms with Crippen molar-refractivity contribution in [2.75, 3.05) is 20.4 Å². The van der Waals surface area contributed by atoms with E-state index in [1.165, 1.54) is 36.6 Å². The van der Waals surface area contributed by atoms with Crippen LogP contribution in [0.4, 0.5) is 0 Å². The molecule has 0 unspecified atom stereocenters. The highest BCUT2D eigenvalue weighted by atomic mass is 31.2. The van der Waals surface area contributed by atoms with Crippen LogP contribution >= 0.6 is 7.26 Å². The largest absolute Gasteiger partial charge is 0.465 e. The van der Waals surface area contributed by atoms with E-state index in [2.05, 4.69) is 72.8 Å². The van der Waals surface area contributed by atoms with Crippen molar-refractivity contribution in [3.8, 4) is 0 Å². The second-order valence-corrected chi connectivity index (χ2v) is 12.7. The summed E-state index contributed by atoms with van der Waals surface area (Å²) in [6.45, 7) is 0. The first-order valence-corrected chi connectivity index (χ1v) is 14.5. The van der Waals surface area contributed by atoms with E-state index in [0.29, 0.717) is 6.16 Å². The summed E-state index contributed by atoms with van der Waals surface area (Å²) in [5, 5.41) is 3.64.